The number of nitrogens with one attached hydrogen (secondary N) is 1. The van der Waals surface area contributed by atoms with Crippen molar-refractivity contribution in [3.63, 3.8) is 0 Å². The van der Waals surface area contributed by atoms with E-state index < -0.39 is 18.5 Å². The van der Waals surface area contributed by atoms with Gasteiger partial charge in [-0.1, -0.05) is 0 Å². The Morgan fingerprint density at radius 2 is 1.86 bits per heavy atom. The molecule has 7 heteroatoms. The Morgan fingerprint density at radius 1 is 1.18 bits per heavy atom. The van der Waals surface area contributed by atoms with Gasteiger partial charge in [-0.15, -0.1) is 0 Å². The maximum Gasteiger partial charge on any atom is 0.344 e. The summed E-state index contributed by atoms with van der Waals surface area (Å²) in [7, 11) is 0. The highest BCUT2D eigenvalue weighted by atomic mass is 16.6. The second-order valence-electron chi connectivity index (χ2n) is 4.29. The largest absolute Gasteiger partial charge is 0.482 e. The minimum absolute atomic E-state index is 0.0617. The molecule has 0 bridgehead atoms. The second-order valence-corrected chi connectivity index (χ2v) is 4.29. The van der Waals surface area contributed by atoms with E-state index in [1.54, 1.807) is 24.3 Å². The van der Waals surface area contributed by atoms with E-state index in [0.29, 0.717) is 11.3 Å². The molecule has 7 nitrogen and oxygen atoms in total. The lowest BCUT2D eigenvalue weighted by molar-refractivity contribution is -0.150. The molecule has 116 valence electrons. The van der Waals surface area contributed by atoms with Gasteiger partial charge in [-0.05, 0) is 31.2 Å². The molecule has 0 aromatic heterocycles. The lowest BCUT2D eigenvalue weighted by Gasteiger charge is -2.07. The van der Waals surface area contributed by atoms with Gasteiger partial charge in [0.05, 0.1) is 12.5 Å². The molecular formula is C15H16N2O5. The fourth-order valence-corrected chi connectivity index (χ4v) is 1.42. The van der Waals surface area contributed by atoms with Crippen molar-refractivity contribution in [1.29, 1.82) is 5.26 Å². The lowest BCUT2D eigenvalue weighted by atomic mass is 10.1. The van der Waals surface area contributed by atoms with E-state index in [2.05, 4.69) is 5.32 Å². The van der Waals surface area contributed by atoms with Crippen LogP contribution in [0.25, 0.3) is 0 Å². The molecule has 0 heterocycles. The highest BCUT2D eigenvalue weighted by Crippen LogP contribution is 2.12. The van der Waals surface area contributed by atoms with Crippen LogP contribution in [0.15, 0.2) is 24.3 Å². The van der Waals surface area contributed by atoms with E-state index in [-0.39, 0.29) is 25.4 Å². The van der Waals surface area contributed by atoms with Gasteiger partial charge in [0.1, 0.15) is 5.75 Å². The van der Waals surface area contributed by atoms with Gasteiger partial charge < -0.3 is 14.8 Å². The van der Waals surface area contributed by atoms with E-state index in [4.69, 9.17) is 14.7 Å². The van der Waals surface area contributed by atoms with Crippen LogP contribution in [0.5, 0.6) is 5.75 Å². The van der Waals surface area contributed by atoms with E-state index in [1.807, 2.05) is 6.07 Å². The minimum atomic E-state index is -0.689. The maximum absolute atomic E-state index is 11.4. The molecule has 1 rings (SSSR count). The highest BCUT2D eigenvalue weighted by molar-refractivity contribution is 5.94. The van der Waals surface area contributed by atoms with Crippen molar-refractivity contribution < 1.29 is 23.9 Å². The molecule has 0 spiro atoms. The number of carbonyl (C=O) groups is 3. The zero-order chi connectivity index (χ0) is 16.4. The van der Waals surface area contributed by atoms with Crippen LogP contribution in [0.4, 0.5) is 0 Å². The minimum Gasteiger partial charge on any atom is -0.482 e. The van der Waals surface area contributed by atoms with Crippen molar-refractivity contribution in [2.75, 3.05) is 19.8 Å². The van der Waals surface area contributed by atoms with Crippen LogP contribution in [0.2, 0.25) is 0 Å². The molecule has 1 aromatic carbocycles. The predicted molar refractivity (Wildman–Crippen MR) is 76.1 cm³/mol. The van der Waals surface area contributed by atoms with Crippen LogP contribution in [-0.4, -0.2) is 37.4 Å². The van der Waals surface area contributed by atoms with Crippen LogP contribution in [0, 0.1) is 11.3 Å². The molecule has 0 atom stereocenters. The summed E-state index contributed by atoms with van der Waals surface area (Å²) in [5.41, 5.74) is 0.545. The predicted octanol–water partition coefficient (Wildman–Crippen LogP) is 0.841. The van der Waals surface area contributed by atoms with Gasteiger partial charge in [0.2, 0.25) is 0 Å². The summed E-state index contributed by atoms with van der Waals surface area (Å²) in [6, 6.07) is 8.19. The Hall–Kier alpha value is -2.88. The zero-order valence-corrected chi connectivity index (χ0v) is 12.1. The molecule has 0 radical (unpaired) electrons. The number of amides is 1. The van der Waals surface area contributed by atoms with Crippen molar-refractivity contribution in [3.05, 3.63) is 29.8 Å². The standard InChI is InChI=1S/C15H16N2O5/c1-11(18)12-3-5-13(6-4-12)21-10-15(20)22-9-14(19)17-8-2-7-16/h3-6H,2,8-10H2,1H3,(H,17,19). The SMILES string of the molecule is CC(=O)c1ccc(OCC(=O)OCC(=O)NCCC#N)cc1. The molecule has 1 aromatic rings. The quantitative estimate of drug-likeness (QED) is 0.433. The first-order chi connectivity index (χ1) is 10.5. The van der Waals surface area contributed by atoms with E-state index in [1.165, 1.54) is 6.92 Å². The summed E-state index contributed by atoms with van der Waals surface area (Å²) in [6.07, 6.45) is 0.194. The molecule has 0 aliphatic carbocycles. The smallest absolute Gasteiger partial charge is 0.344 e. The Morgan fingerprint density at radius 3 is 2.45 bits per heavy atom. The normalized spacial score (nSPS) is 9.45. The summed E-state index contributed by atoms with van der Waals surface area (Å²) in [6.45, 7) is 0.905. The number of esters is 1. The fraction of sp³-hybridized carbons (Fsp3) is 0.333. The highest BCUT2D eigenvalue weighted by Gasteiger charge is 2.08. The number of rotatable bonds is 8. The van der Waals surface area contributed by atoms with Crippen LogP contribution in [-0.2, 0) is 14.3 Å². The summed E-state index contributed by atoms with van der Waals surface area (Å²) in [5.74, 6) is -0.811. The molecule has 0 saturated carbocycles. The third kappa shape index (κ3) is 6.52. The fourth-order valence-electron chi connectivity index (χ4n) is 1.42. The van der Waals surface area contributed by atoms with E-state index >= 15 is 0 Å². The first kappa shape index (κ1) is 17.2. The van der Waals surface area contributed by atoms with Crippen molar-refractivity contribution in [1.82, 2.24) is 5.32 Å². The Bertz CT molecular complexity index is 575. The average Bonchev–Trinajstić information content (AvgIpc) is 2.51. The molecule has 22 heavy (non-hydrogen) atoms. The Labute approximate surface area is 127 Å². The van der Waals surface area contributed by atoms with Crippen molar-refractivity contribution >= 4 is 17.7 Å². The number of Topliss-reactive ketones (excluding diaryl/α,β-unsaturated/α-hetero) is 1. The van der Waals surface area contributed by atoms with Crippen molar-refractivity contribution in [3.8, 4) is 11.8 Å². The maximum atomic E-state index is 11.4. The molecule has 0 unspecified atom stereocenters. The molecule has 0 saturated heterocycles. The van der Waals surface area contributed by atoms with Crippen molar-refractivity contribution in [2.24, 2.45) is 0 Å². The third-order valence-corrected chi connectivity index (χ3v) is 2.54. The second kappa shape index (κ2) is 9.13. The van der Waals surface area contributed by atoms with Gasteiger partial charge in [-0.3, -0.25) is 9.59 Å². The molecular weight excluding hydrogens is 288 g/mol. The van der Waals surface area contributed by atoms with E-state index in [9.17, 15) is 14.4 Å². The molecule has 0 aliphatic rings. The molecule has 1 N–H and O–H groups in total. The number of hydrogen-bond acceptors (Lipinski definition) is 6. The molecule has 1 amide bonds. The van der Waals surface area contributed by atoms with Crippen LogP contribution >= 0.6 is 0 Å². The van der Waals surface area contributed by atoms with Crippen molar-refractivity contribution in [2.45, 2.75) is 13.3 Å². The number of nitriles is 1. The topological polar surface area (TPSA) is 105 Å². The number of benzene rings is 1. The number of carbonyl (C=O) groups excluding carboxylic acids is 3. The summed E-state index contributed by atoms with van der Waals surface area (Å²) in [5, 5.41) is 10.7. The van der Waals surface area contributed by atoms with Crippen LogP contribution in [0.3, 0.4) is 0 Å². The molecule has 0 aliphatic heterocycles. The average molecular weight is 304 g/mol. The first-order valence-corrected chi connectivity index (χ1v) is 6.56. The number of ether oxygens (including phenoxy) is 2. The summed E-state index contributed by atoms with van der Waals surface area (Å²) >= 11 is 0. The van der Waals surface area contributed by atoms with Gasteiger partial charge in [0, 0.05) is 12.1 Å². The molecule has 0 fully saturated rings. The lowest BCUT2D eigenvalue weighted by Crippen LogP contribution is -2.30. The Balaban J connectivity index is 2.27. The van der Waals surface area contributed by atoms with Gasteiger partial charge >= 0.3 is 5.97 Å². The zero-order valence-electron chi connectivity index (χ0n) is 12.1. The monoisotopic (exact) mass is 304 g/mol. The Kier molecular flexibility index (Phi) is 7.13. The number of hydrogen-bond donors (Lipinski definition) is 1. The van der Waals surface area contributed by atoms with Gasteiger partial charge in [-0.25, -0.2) is 4.79 Å². The van der Waals surface area contributed by atoms with Crippen LogP contribution < -0.4 is 10.1 Å². The third-order valence-electron chi connectivity index (χ3n) is 2.54. The number of ketones is 1. The first-order valence-electron chi connectivity index (χ1n) is 6.56. The van der Waals surface area contributed by atoms with Gasteiger partial charge in [0.15, 0.2) is 19.0 Å². The van der Waals surface area contributed by atoms with E-state index in [0.717, 1.165) is 0 Å². The van der Waals surface area contributed by atoms with Gasteiger partial charge in [-0.2, -0.15) is 5.26 Å². The number of nitrogens with zero attached hydrogens (tertiary/aromatic N) is 1. The summed E-state index contributed by atoms with van der Waals surface area (Å²) in [4.78, 5) is 33.7. The summed E-state index contributed by atoms with van der Waals surface area (Å²) < 4.78 is 9.88. The van der Waals surface area contributed by atoms with Gasteiger partial charge in [0.25, 0.3) is 5.91 Å². The van der Waals surface area contributed by atoms with Crippen LogP contribution in [0.1, 0.15) is 23.7 Å².